The molecule has 188 valence electrons. The van der Waals surface area contributed by atoms with Gasteiger partial charge in [0, 0.05) is 36.9 Å². The standard InChI is InChI=1S/C28H19F3N6O/c1-18-4-6-24-25(14-19-11-20(16-36-10-9-32-17-36)13-21(12-19)28(29,30)31)35-38-27(24)23(18)7-5-22-15-33-26-3-2-8-34-37(22)26/h2-4,6,8-13,15,17H,14,16H2,1H3. The molecule has 0 aliphatic carbocycles. The van der Waals surface area contributed by atoms with Gasteiger partial charge in [0.1, 0.15) is 5.69 Å². The maximum atomic E-state index is 13.7. The molecule has 0 amide bonds. The van der Waals surface area contributed by atoms with Gasteiger partial charge in [0.2, 0.25) is 0 Å². The van der Waals surface area contributed by atoms with Crippen LogP contribution in [0.25, 0.3) is 16.6 Å². The number of aromatic nitrogens is 6. The molecule has 6 aromatic rings. The van der Waals surface area contributed by atoms with E-state index >= 15 is 0 Å². The summed E-state index contributed by atoms with van der Waals surface area (Å²) in [5, 5.41) is 9.19. The van der Waals surface area contributed by atoms with Crippen LogP contribution in [0.4, 0.5) is 13.2 Å². The highest BCUT2D eigenvalue weighted by Gasteiger charge is 2.31. The zero-order valence-electron chi connectivity index (χ0n) is 20.1. The van der Waals surface area contributed by atoms with Crippen molar-refractivity contribution in [3.63, 3.8) is 0 Å². The van der Waals surface area contributed by atoms with E-state index in [4.69, 9.17) is 4.52 Å². The van der Waals surface area contributed by atoms with Crippen LogP contribution in [-0.2, 0) is 19.1 Å². The number of nitrogens with zero attached hydrogens (tertiary/aromatic N) is 6. The predicted molar refractivity (Wildman–Crippen MR) is 133 cm³/mol. The minimum Gasteiger partial charge on any atom is -0.355 e. The molecule has 0 saturated carbocycles. The van der Waals surface area contributed by atoms with Gasteiger partial charge in [-0.2, -0.15) is 18.3 Å². The Kier molecular flexibility index (Phi) is 5.68. The highest BCUT2D eigenvalue weighted by Crippen LogP contribution is 2.32. The molecule has 0 N–H and O–H groups in total. The number of halogens is 3. The van der Waals surface area contributed by atoms with Crippen molar-refractivity contribution < 1.29 is 17.7 Å². The molecule has 0 radical (unpaired) electrons. The van der Waals surface area contributed by atoms with Gasteiger partial charge < -0.3 is 9.09 Å². The van der Waals surface area contributed by atoms with Gasteiger partial charge in [-0.3, -0.25) is 0 Å². The third-order valence-electron chi connectivity index (χ3n) is 6.19. The molecule has 7 nitrogen and oxygen atoms in total. The Balaban J connectivity index is 1.37. The molecule has 4 heterocycles. The lowest BCUT2D eigenvalue weighted by atomic mass is 9.99. The van der Waals surface area contributed by atoms with Gasteiger partial charge in [-0.15, -0.1) is 0 Å². The molecule has 0 fully saturated rings. The van der Waals surface area contributed by atoms with E-state index in [0.29, 0.717) is 44.7 Å². The Labute approximate surface area is 214 Å². The van der Waals surface area contributed by atoms with Gasteiger partial charge in [0.15, 0.2) is 11.2 Å². The Morgan fingerprint density at radius 2 is 1.89 bits per heavy atom. The minimum absolute atomic E-state index is 0.168. The molecule has 0 aliphatic heterocycles. The first kappa shape index (κ1) is 23.5. The number of hydrogen-bond acceptors (Lipinski definition) is 5. The van der Waals surface area contributed by atoms with Crippen molar-refractivity contribution in [2.75, 3.05) is 0 Å². The smallest absolute Gasteiger partial charge is 0.355 e. The van der Waals surface area contributed by atoms with E-state index in [0.717, 1.165) is 17.7 Å². The second kappa shape index (κ2) is 9.19. The number of aryl methyl sites for hydroxylation is 1. The van der Waals surface area contributed by atoms with Crippen LogP contribution in [0.5, 0.6) is 0 Å². The number of alkyl halides is 3. The van der Waals surface area contributed by atoms with Crippen LogP contribution < -0.4 is 0 Å². The molecule has 4 aromatic heterocycles. The average Bonchev–Trinajstić information content (AvgIpc) is 3.64. The molecule has 0 bridgehead atoms. The predicted octanol–water partition coefficient (Wildman–Crippen LogP) is 5.43. The third-order valence-corrected chi connectivity index (χ3v) is 6.19. The Hall–Kier alpha value is -4.91. The lowest BCUT2D eigenvalue weighted by molar-refractivity contribution is -0.137. The van der Waals surface area contributed by atoms with Gasteiger partial charge in [0.25, 0.3) is 0 Å². The van der Waals surface area contributed by atoms with E-state index in [1.165, 1.54) is 0 Å². The molecule has 10 heteroatoms. The highest BCUT2D eigenvalue weighted by atomic mass is 19.4. The molecule has 2 aromatic carbocycles. The summed E-state index contributed by atoms with van der Waals surface area (Å²) in [6.45, 7) is 2.18. The Bertz CT molecular complexity index is 1840. The largest absolute Gasteiger partial charge is 0.416 e. The van der Waals surface area contributed by atoms with Crippen LogP contribution in [0.1, 0.15) is 39.2 Å². The van der Waals surface area contributed by atoms with Crippen LogP contribution >= 0.6 is 0 Å². The van der Waals surface area contributed by atoms with Crippen molar-refractivity contribution >= 4 is 16.6 Å². The topological polar surface area (TPSA) is 74.0 Å². The number of fused-ring (bicyclic) bond motifs is 2. The third kappa shape index (κ3) is 4.50. The fourth-order valence-electron chi connectivity index (χ4n) is 4.38. The first-order valence-electron chi connectivity index (χ1n) is 11.7. The second-order valence-corrected chi connectivity index (χ2v) is 8.90. The van der Waals surface area contributed by atoms with Crippen molar-refractivity contribution in [2.45, 2.75) is 26.1 Å². The van der Waals surface area contributed by atoms with E-state index in [1.807, 2.05) is 25.1 Å². The maximum absolute atomic E-state index is 13.7. The van der Waals surface area contributed by atoms with Gasteiger partial charge >= 0.3 is 6.18 Å². The summed E-state index contributed by atoms with van der Waals surface area (Å²) in [7, 11) is 0. The molecule has 0 atom stereocenters. The average molecular weight is 512 g/mol. The van der Waals surface area contributed by atoms with Crippen LogP contribution in [-0.4, -0.2) is 29.3 Å². The molecule has 0 unspecified atom stereocenters. The monoisotopic (exact) mass is 512 g/mol. The maximum Gasteiger partial charge on any atom is 0.416 e. The zero-order chi connectivity index (χ0) is 26.3. The number of imidazole rings is 2. The lowest BCUT2D eigenvalue weighted by Gasteiger charge is -2.12. The van der Waals surface area contributed by atoms with Crippen molar-refractivity contribution in [1.29, 1.82) is 0 Å². The first-order valence-corrected chi connectivity index (χ1v) is 11.7. The van der Waals surface area contributed by atoms with Gasteiger partial charge in [-0.05, 0) is 59.9 Å². The Morgan fingerprint density at radius 3 is 2.71 bits per heavy atom. The van der Waals surface area contributed by atoms with Crippen molar-refractivity contribution in [3.05, 3.63) is 113 Å². The van der Waals surface area contributed by atoms with E-state index < -0.39 is 11.7 Å². The molecule has 0 spiro atoms. The summed E-state index contributed by atoms with van der Waals surface area (Å²) >= 11 is 0. The summed E-state index contributed by atoms with van der Waals surface area (Å²) in [4.78, 5) is 8.27. The lowest BCUT2D eigenvalue weighted by Crippen LogP contribution is -2.08. The van der Waals surface area contributed by atoms with E-state index in [-0.39, 0.29) is 13.0 Å². The van der Waals surface area contributed by atoms with E-state index in [9.17, 15) is 13.2 Å². The minimum atomic E-state index is -4.47. The number of hydrogen-bond donors (Lipinski definition) is 0. The zero-order valence-corrected chi connectivity index (χ0v) is 20.1. The summed E-state index contributed by atoms with van der Waals surface area (Å²) < 4.78 is 50.1. The number of benzene rings is 2. The highest BCUT2D eigenvalue weighted by molar-refractivity contribution is 5.86. The molecule has 0 saturated heterocycles. The van der Waals surface area contributed by atoms with Gasteiger partial charge in [-0.25, -0.2) is 14.5 Å². The molecule has 0 aliphatic rings. The molecular weight excluding hydrogens is 493 g/mol. The number of rotatable bonds is 4. The van der Waals surface area contributed by atoms with Crippen LogP contribution in [0.3, 0.4) is 0 Å². The summed E-state index contributed by atoms with van der Waals surface area (Å²) in [5.74, 6) is 6.24. The fourth-order valence-corrected chi connectivity index (χ4v) is 4.38. The van der Waals surface area contributed by atoms with Gasteiger partial charge in [0.05, 0.1) is 29.3 Å². The van der Waals surface area contributed by atoms with Gasteiger partial charge in [-0.1, -0.05) is 23.2 Å². The quantitative estimate of drug-likeness (QED) is 0.295. The summed E-state index contributed by atoms with van der Waals surface area (Å²) in [5.41, 5.74) is 4.15. The van der Waals surface area contributed by atoms with E-state index in [2.05, 4.69) is 32.1 Å². The van der Waals surface area contributed by atoms with Crippen molar-refractivity contribution in [2.24, 2.45) is 0 Å². The van der Waals surface area contributed by atoms with Crippen LogP contribution in [0.2, 0.25) is 0 Å². The van der Waals surface area contributed by atoms with Crippen molar-refractivity contribution in [1.82, 2.24) is 29.3 Å². The van der Waals surface area contributed by atoms with Crippen molar-refractivity contribution in [3.8, 4) is 11.8 Å². The SMILES string of the molecule is Cc1ccc2c(Cc3cc(Cn4ccnc4)cc(C(F)(F)F)c3)noc2c1C#Cc1cnc2cccnn12. The van der Waals surface area contributed by atoms with E-state index in [1.54, 1.807) is 52.3 Å². The fraction of sp³-hybridized carbons (Fsp3) is 0.143. The first-order chi connectivity index (χ1) is 18.3. The van der Waals surface area contributed by atoms with Crippen LogP contribution in [0.15, 0.2) is 78.1 Å². The Morgan fingerprint density at radius 1 is 1.03 bits per heavy atom. The summed E-state index contributed by atoms with van der Waals surface area (Å²) in [6.07, 6.45) is 3.86. The molecule has 6 rings (SSSR count). The second-order valence-electron chi connectivity index (χ2n) is 8.90. The van der Waals surface area contributed by atoms with Crippen LogP contribution in [0, 0.1) is 18.8 Å². The molecule has 38 heavy (non-hydrogen) atoms. The normalized spacial score (nSPS) is 11.7. The summed E-state index contributed by atoms with van der Waals surface area (Å²) in [6, 6.07) is 11.5. The molecular formula is C28H19F3N6O.